The Morgan fingerprint density at radius 2 is 2.12 bits per heavy atom. The Morgan fingerprint density at radius 1 is 1.40 bits per heavy atom. The maximum atomic E-state index is 11.7. The van der Waals surface area contributed by atoms with Crippen LogP contribution >= 0.6 is 22.7 Å². The molecule has 2 rings (SSSR count). The highest BCUT2D eigenvalue weighted by atomic mass is 32.2. The number of hydrogen-bond acceptors (Lipinski definition) is 8. The molecule has 0 saturated carbocycles. The van der Waals surface area contributed by atoms with Crippen LogP contribution in [-0.4, -0.2) is 48.2 Å². The molecule has 0 aliphatic heterocycles. The van der Waals surface area contributed by atoms with E-state index in [0.29, 0.717) is 0 Å². The van der Waals surface area contributed by atoms with Gasteiger partial charge < -0.3 is 21.9 Å². The second-order valence-corrected chi connectivity index (χ2v) is 6.80. The maximum absolute atomic E-state index is 11.7. The van der Waals surface area contributed by atoms with E-state index in [0.717, 1.165) is 27.0 Å². The molecular weight excluding hydrogens is 394 g/mol. The van der Waals surface area contributed by atoms with Gasteiger partial charge in [-0.2, -0.15) is 0 Å². The molecule has 1 atom stereocenters. The Kier molecular flexibility index (Phi) is 5.97. The normalized spacial score (nSPS) is 11.6. The largest absolute Gasteiger partial charge is 0.476 e. The van der Waals surface area contributed by atoms with Crippen molar-refractivity contribution in [2.45, 2.75) is 0 Å². The van der Waals surface area contributed by atoms with Gasteiger partial charge in [-0.05, 0) is 0 Å². The van der Waals surface area contributed by atoms with Crippen LogP contribution in [0.15, 0.2) is 16.7 Å². The van der Waals surface area contributed by atoms with Gasteiger partial charge in [-0.25, -0.2) is 28.3 Å². The highest BCUT2D eigenvalue weighted by molar-refractivity contribution is 7.81. The van der Waals surface area contributed by atoms with Crippen molar-refractivity contribution in [3.8, 4) is 0 Å². The zero-order valence-corrected chi connectivity index (χ0v) is 14.6. The van der Waals surface area contributed by atoms with Crippen LogP contribution in [0, 0.1) is 0 Å². The lowest BCUT2D eigenvalue weighted by molar-refractivity contribution is -0.114. The fraction of sp³-hybridized carbons (Fsp3) is 0.100. The van der Waals surface area contributed by atoms with Crippen LogP contribution < -0.4 is 21.1 Å². The minimum Gasteiger partial charge on any atom is -0.476 e. The van der Waals surface area contributed by atoms with Crippen molar-refractivity contribution in [1.29, 1.82) is 0 Å². The fourth-order valence-corrected chi connectivity index (χ4v) is 4.08. The summed E-state index contributed by atoms with van der Waals surface area (Å²) in [6.07, 6.45) is 1.21. The van der Waals surface area contributed by atoms with Crippen molar-refractivity contribution in [1.82, 2.24) is 9.97 Å². The number of thiazole rings is 2. The van der Waals surface area contributed by atoms with Gasteiger partial charge in [0.1, 0.15) is 16.5 Å². The molecule has 0 aromatic carbocycles. The topological polar surface area (TPSA) is 197 Å². The molecule has 0 saturated heterocycles. The summed E-state index contributed by atoms with van der Waals surface area (Å²) in [6, 6.07) is 0. The number of nitrogens with one attached hydrogen (secondary N) is 1. The van der Waals surface area contributed by atoms with Crippen molar-refractivity contribution in [2.24, 2.45) is 16.5 Å². The summed E-state index contributed by atoms with van der Waals surface area (Å²) in [5.74, 6) is -2.14. The van der Waals surface area contributed by atoms with Crippen LogP contribution in [-0.2, 0) is 16.1 Å². The van der Waals surface area contributed by atoms with Crippen molar-refractivity contribution < 1.29 is 23.5 Å². The van der Waals surface area contributed by atoms with Gasteiger partial charge >= 0.3 is 5.97 Å². The van der Waals surface area contributed by atoms with Crippen LogP contribution in [0.5, 0.6) is 0 Å². The minimum absolute atomic E-state index is 0.0460. The van der Waals surface area contributed by atoms with E-state index in [9.17, 15) is 18.4 Å². The van der Waals surface area contributed by atoms with E-state index < -0.39 is 23.1 Å². The molecule has 0 radical (unpaired) electrons. The Morgan fingerprint density at radius 3 is 2.72 bits per heavy atom. The SMILES string of the molecule is NC(N)=NCC(=O)Nc1ncc(N(c2scnc2C(=O)O)S(=O)O)s1. The van der Waals surface area contributed by atoms with Gasteiger partial charge in [-0.15, -0.1) is 11.3 Å². The summed E-state index contributed by atoms with van der Waals surface area (Å²) in [4.78, 5) is 33.9. The second kappa shape index (κ2) is 7.97. The van der Waals surface area contributed by atoms with E-state index in [2.05, 4.69) is 20.3 Å². The van der Waals surface area contributed by atoms with E-state index >= 15 is 0 Å². The molecule has 15 heteroatoms. The van der Waals surface area contributed by atoms with E-state index in [-0.39, 0.29) is 33.3 Å². The molecule has 0 bridgehead atoms. The minimum atomic E-state index is -2.58. The lowest BCUT2D eigenvalue weighted by atomic mass is 10.4. The first-order valence-corrected chi connectivity index (χ1v) is 8.94. The number of carbonyl (C=O) groups excluding carboxylic acids is 1. The van der Waals surface area contributed by atoms with Crippen LogP contribution in [0.4, 0.5) is 15.1 Å². The molecule has 7 N–H and O–H groups in total. The zero-order chi connectivity index (χ0) is 18.6. The number of nitrogens with two attached hydrogens (primary N) is 2. The maximum Gasteiger partial charge on any atom is 0.357 e. The number of aromatic nitrogens is 2. The number of amides is 1. The molecule has 12 nitrogen and oxygen atoms in total. The molecule has 134 valence electrons. The van der Waals surface area contributed by atoms with Gasteiger partial charge in [0.25, 0.3) is 11.3 Å². The lowest BCUT2D eigenvalue weighted by Crippen LogP contribution is -2.25. The molecule has 0 spiro atoms. The predicted octanol–water partition coefficient (Wildman–Crippen LogP) is -0.216. The standard InChI is InChI=1S/C10H11N7O5S3/c11-9(12)13-1-4(18)16-10-14-2-5(24-10)17(25(21)22)7-6(8(19)20)15-3-23-7/h2-3H,1H2,(H,19,20)(H,21,22)(H4,11,12,13)(H,14,16,18). The average molecular weight is 405 g/mol. The summed E-state index contributed by atoms with van der Waals surface area (Å²) < 4.78 is 22.0. The monoisotopic (exact) mass is 405 g/mol. The smallest absolute Gasteiger partial charge is 0.357 e. The number of guanidine groups is 1. The van der Waals surface area contributed by atoms with Gasteiger partial charge in [0, 0.05) is 0 Å². The molecule has 25 heavy (non-hydrogen) atoms. The average Bonchev–Trinajstić information content (AvgIpc) is 3.15. The number of carbonyl (C=O) groups is 2. The Bertz CT molecular complexity index is 844. The number of nitrogens with zero attached hydrogens (tertiary/aromatic N) is 4. The lowest BCUT2D eigenvalue weighted by Gasteiger charge is -2.15. The summed E-state index contributed by atoms with van der Waals surface area (Å²) in [7, 11) is 0. The number of aromatic carboxylic acids is 1. The number of carboxylic acids is 1. The molecule has 1 unspecified atom stereocenters. The van der Waals surface area contributed by atoms with Crippen molar-refractivity contribution in [3.63, 3.8) is 0 Å². The zero-order valence-electron chi connectivity index (χ0n) is 12.1. The third kappa shape index (κ3) is 4.69. The number of hydrogen-bond donors (Lipinski definition) is 5. The molecule has 2 aromatic heterocycles. The number of rotatable bonds is 7. The van der Waals surface area contributed by atoms with Crippen LogP contribution in [0.3, 0.4) is 0 Å². The first-order chi connectivity index (χ1) is 11.8. The van der Waals surface area contributed by atoms with Gasteiger partial charge in [-0.3, -0.25) is 9.35 Å². The summed E-state index contributed by atoms with van der Waals surface area (Å²) in [6.45, 7) is -0.315. The van der Waals surface area contributed by atoms with Gasteiger partial charge in [0.2, 0.25) is 5.91 Å². The highest BCUT2D eigenvalue weighted by Crippen LogP contribution is 2.37. The van der Waals surface area contributed by atoms with Crippen LogP contribution in [0.1, 0.15) is 10.5 Å². The van der Waals surface area contributed by atoms with E-state index in [1.165, 1.54) is 11.7 Å². The van der Waals surface area contributed by atoms with Crippen LogP contribution in [0.2, 0.25) is 0 Å². The second-order valence-electron chi connectivity index (χ2n) is 4.13. The first kappa shape index (κ1) is 18.7. The number of aliphatic imine (C=N–C) groups is 1. The van der Waals surface area contributed by atoms with Crippen molar-refractivity contribution >= 4 is 66.9 Å². The summed E-state index contributed by atoms with van der Waals surface area (Å²) >= 11 is -0.850. The quantitative estimate of drug-likeness (QED) is 0.235. The molecule has 0 aliphatic carbocycles. The number of anilines is 3. The van der Waals surface area contributed by atoms with Crippen molar-refractivity contribution in [3.05, 3.63) is 17.4 Å². The van der Waals surface area contributed by atoms with E-state index in [1.807, 2.05) is 0 Å². The third-order valence-corrected chi connectivity index (χ3v) is 5.07. The molecule has 0 fully saturated rings. The molecular formula is C10H11N7O5S3. The third-order valence-electron chi connectivity index (χ3n) is 2.44. The predicted molar refractivity (Wildman–Crippen MR) is 93.4 cm³/mol. The van der Waals surface area contributed by atoms with E-state index in [4.69, 9.17) is 16.6 Å². The highest BCUT2D eigenvalue weighted by Gasteiger charge is 2.26. The van der Waals surface area contributed by atoms with Gasteiger partial charge in [0.05, 0.1) is 11.7 Å². The first-order valence-electron chi connectivity index (χ1n) is 6.18. The summed E-state index contributed by atoms with van der Waals surface area (Å²) in [5, 5.41) is 11.7. The molecule has 2 aromatic rings. The Labute approximate surface area is 150 Å². The molecule has 0 aliphatic rings. The van der Waals surface area contributed by atoms with Crippen LogP contribution in [0.25, 0.3) is 0 Å². The van der Waals surface area contributed by atoms with Gasteiger partial charge in [-0.1, -0.05) is 11.3 Å². The Balaban J connectivity index is 2.24. The fourth-order valence-electron chi connectivity index (χ4n) is 1.52. The van der Waals surface area contributed by atoms with Crippen molar-refractivity contribution in [2.75, 3.05) is 16.2 Å². The van der Waals surface area contributed by atoms with Gasteiger partial charge in [0.15, 0.2) is 16.8 Å². The number of carboxylic acid groups (broad SMARTS) is 1. The molecule has 2 heterocycles. The summed E-state index contributed by atoms with van der Waals surface area (Å²) in [5.41, 5.74) is 11.1. The van der Waals surface area contributed by atoms with E-state index in [1.54, 1.807) is 0 Å². The Hall–Kier alpha value is -2.62. The molecule has 1 amide bonds.